The number of piperazine rings is 1. The van der Waals surface area contributed by atoms with E-state index in [2.05, 4.69) is 26.4 Å². The number of para-hydroxylation sites is 2. The molecule has 1 heterocycles. The van der Waals surface area contributed by atoms with Gasteiger partial charge in [-0.1, -0.05) is 36.4 Å². The minimum absolute atomic E-state index is 0.279. The van der Waals surface area contributed by atoms with E-state index in [0.29, 0.717) is 11.3 Å². The molecule has 0 aromatic heterocycles. The van der Waals surface area contributed by atoms with Crippen LogP contribution >= 0.6 is 0 Å². The molecule has 176 valence electrons. The van der Waals surface area contributed by atoms with Gasteiger partial charge >= 0.3 is 0 Å². The highest BCUT2D eigenvalue weighted by atomic mass is 19.1. The molecule has 1 saturated heterocycles. The summed E-state index contributed by atoms with van der Waals surface area (Å²) >= 11 is 0. The Hall–Kier alpha value is -3.71. The molecule has 1 aliphatic rings. The molecule has 6 nitrogen and oxygen atoms in total. The molecule has 0 radical (unpaired) electrons. The van der Waals surface area contributed by atoms with Crippen LogP contribution in [0.25, 0.3) is 0 Å². The maximum absolute atomic E-state index is 13.1. The van der Waals surface area contributed by atoms with Gasteiger partial charge in [-0.25, -0.2) is 9.82 Å². The van der Waals surface area contributed by atoms with Gasteiger partial charge in [0, 0.05) is 38.3 Å². The molecule has 0 saturated carbocycles. The van der Waals surface area contributed by atoms with Crippen LogP contribution in [0.1, 0.15) is 28.4 Å². The number of hydrogen-bond acceptors (Lipinski definition) is 5. The molecular weight excluding hydrogens is 431 g/mol. The summed E-state index contributed by atoms with van der Waals surface area (Å²) in [5, 5.41) is 4.13. The summed E-state index contributed by atoms with van der Waals surface area (Å²) in [6.45, 7) is 6.39. The van der Waals surface area contributed by atoms with Gasteiger partial charge in [0.15, 0.2) is 0 Å². The molecule has 7 heteroatoms. The molecule has 0 unspecified atom stereocenters. The predicted octanol–water partition coefficient (Wildman–Crippen LogP) is 4.31. The zero-order valence-corrected chi connectivity index (χ0v) is 19.5. The first-order valence-electron chi connectivity index (χ1n) is 11.3. The van der Waals surface area contributed by atoms with E-state index >= 15 is 0 Å². The Balaban J connectivity index is 1.29. The van der Waals surface area contributed by atoms with Crippen molar-refractivity contribution in [1.29, 1.82) is 0 Å². The summed E-state index contributed by atoms with van der Waals surface area (Å²) in [6.07, 6.45) is 0. The average Bonchev–Trinajstić information content (AvgIpc) is 2.88. The zero-order valence-electron chi connectivity index (χ0n) is 19.5. The van der Waals surface area contributed by atoms with Gasteiger partial charge in [-0.15, -0.1) is 0 Å². The predicted molar refractivity (Wildman–Crippen MR) is 133 cm³/mol. The van der Waals surface area contributed by atoms with E-state index in [0.717, 1.165) is 55.3 Å². The van der Waals surface area contributed by atoms with E-state index in [9.17, 15) is 9.18 Å². The van der Waals surface area contributed by atoms with Gasteiger partial charge in [-0.05, 0) is 54.4 Å². The number of nitrogens with zero attached hydrogens (tertiary/aromatic N) is 3. The van der Waals surface area contributed by atoms with Crippen molar-refractivity contribution in [2.75, 3.05) is 38.2 Å². The number of anilines is 1. The number of benzene rings is 3. The maximum Gasteiger partial charge on any atom is 0.271 e. The van der Waals surface area contributed by atoms with Gasteiger partial charge in [-0.3, -0.25) is 9.69 Å². The summed E-state index contributed by atoms with van der Waals surface area (Å²) in [5.74, 6) is 0.319. The smallest absolute Gasteiger partial charge is 0.271 e. The highest BCUT2D eigenvalue weighted by Gasteiger charge is 2.19. The number of amides is 1. The summed E-state index contributed by atoms with van der Waals surface area (Å²) in [6, 6.07) is 21.7. The van der Waals surface area contributed by atoms with Crippen molar-refractivity contribution in [3.8, 4) is 5.75 Å². The van der Waals surface area contributed by atoms with E-state index in [1.807, 2.05) is 42.5 Å². The van der Waals surface area contributed by atoms with E-state index < -0.39 is 0 Å². The lowest BCUT2D eigenvalue weighted by Gasteiger charge is -2.36. The fourth-order valence-corrected chi connectivity index (χ4v) is 4.01. The van der Waals surface area contributed by atoms with Crippen molar-refractivity contribution >= 4 is 17.3 Å². The van der Waals surface area contributed by atoms with Crippen LogP contribution in [0.3, 0.4) is 0 Å². The molecule has 4 rings (SSSR count). The van der Waals surface area contributed by atoms with E-state index in [4.69, 9.17) is 4.74 Å². The van der Waals surface area contributed by atoms with Gasteiger partial charge in [0.05, 0.1) is 18.5 Å². The summed E-state index contributed by atoms with van der Waals surface area (Å²) < 4.78 is 18.6. The molecule has 1 fully saturated rings. The lowest BCUT2D eigenvalue weighted by Crippen LogP contribution is -2.46. The summed E-state index contributed by atoms with van der Waals surface area (Å²) in [5.41, 5.74) is 6.77. The Bertz CT molecular complexity index is 1140. The standard InChI is InChI=1S/C27H29FN4O2/c1-20(22-11-13-24(28)14-12-22)29-30-27(33)23-9-7-21(8-10-23)19-31-15-17-32(18-16-31)25-5-3-4-6-26(25)34-2/h3-14H,15-19H2,1-2H3,(H,30,33)/b29-20-. The number of rotatable bonds is 7. The molecule has 1 amide bonds. The maximum atomic E-state index is 13.1. The molecule has 3 aromatic rings. The van der Waals surface area contributed by atoms with Gasteiger partial charge in [0.1, 0.15) is 11.6 Å². The van der Waals surface area contributed by atoms with Crippen LogP contribution in [0.2, 0.25) is 0 Å². The number of ether oxygens (including phenoxy) is 1. The Labute approximate surface area is 199 Å². The third kappa shape index (κ3) is 5.80. The van der Waals surface area contributed by atoms with Crippen LogP contribution in [0, 0.1) is 5.82 Å². The molecular formula is C27H29FN4O2. The summed E-state index contributed by atoms with van der Waals surface area (Å²) in [7, 11) is 1.71. The normalized spacial score (nSPS) is 14.7. The number of nitrogens with one attached hydrogen (secondary N) is 1. The van der Waals surface area contributed by atoms with Crippen molar-refractivity contribution in [1.82, 2.24) is 10.3 Å². The zero-order chi connectivity index (χ0) is 23.9. The molecule has 3 aromatic carbocycles. The molecule has 1 N–H and O–H groups in total. The van der Waals surface area contributed by atoms with E-state index in [-0.39, 0.29) is 11.7 Å². The van der Waals surface area contributed by atoms with Crippen molar-refractivity contribution in [3.05, 3.63) is 95.3 Å². The van der Waals surface area contributed by atoms with E-state index in [1.54, 1.807) is 26.2 Å². The van der Waals surface area contributed by atoms with Gasteiger partial charge in [0.25, 0.3) is 5.91 Å². The number of carbonyl (C=O) groups excluding carboxylic acids is 1. The Morgan fingerprint density at radius 1 is 0.941 bits per heavy atom. The average molecular weight is 461 g/mol. The van der Waals surface area contributed by atoms with Crippen LogP contribution in [-0.2, 0) is 6.54 Å². The second-order valence-electron chi connectivity index (χ2n) is 8.28. The fraction of sp³-hybridized carbons (Fsp3) is 0.259. The number of hydrogen-bond donors (Lipinski definition) is 1. The first kappa shape index (κ1) is 23.4. The Morgan fingerprint density at radius 3 is 2.26 bits per heavy atom. The molecule has 0 aliphatic carbocycles. The van der Waals surface area contributed by atoms with Crippen molar-refractivity contribution in [3.63, 3.8) is 0 Å². The van der Waals surface area contributed by atoms with Crippen LogP contribution < -0.4 is 15.1 Å². The van der Waals surface area contributed by atoms with Gasteiger partial charge in [0.2, 0.25) is 0 Å². The lowest BCUT2D eigenvalue weighted by molar-refractivity contribution is 0.0955. The highest BCUT2D eigenvalue weighted by Crippen LogP contribution is 2.28. The minimum atomic E-state index is -0.306. The SMILES string of the molecule is COc1ccccc1N1CCN(Cc2ccc(C(=O)N/N=C(/C)c3ccc(F)cc3)cc2)CC1. The first-order valence-corrected chi connectivity index (χ1v) is 11.3. The quantitative estimate of drug-likeness (QED) is 0.422. The number of halogens is 1. The first-order chi connectivity index (χ1) is 16.5. The van der Waals surface area contributed by atoms with Gasteiger partial charge in [-0.2, -0.15) is 5.10 Å². The molecule has 1 aliphatic heterocycles. The Kier molecular flexibility index (Phi) is 7.54. The van der Waals surface area contributed by atoms with Crippen LogP contribution in [0.4, 0.5) is 10.1 Å². The molecule has 0 spiro atoms. The molecule has 0 bridgehead atoms. The molecule has 0 atom stereocenters. The highest BCUT2D eigenvalue weighted by molar-refractivity contribution is 6.00. The number of carbonyl (C=O) groups is 1. The monoisotopic (exact) mass is 460 g/mol. The summed E-state index contributed by atoms with van der Waals surface area (Å²) in [4.78, 5) is 17.2. The third-order valence-electron chi connectivity index (χ3n) is 6.01. The van der Waals surface area contributed by atoms with Crippen LogP contribution in [0.5, 0.6) is 5.75 Å². The van der Waals surface area contributed by atoms with Crippen LogP contribution in [0.15, 0.2) is 77.9 Å². The second-order valence-corrected chi connectivity index (χ2v) is 8.28. The van der Waals surface area contributed by atoms with Crippen molar-refractivity contribution < 1.29 is 13.9 Å². The fourth-order valence-electron chi connectivity index (χ4n) is 4.01. The number of hydrazone groups is 1. The molecule has 34 heavy (non-hydrogen) atoms. The topological polar surface area (TPSA) is 57.2 Å². The number of methoxy groups -OCH3 is 1. The van der Waals surface area contributed by atoms with E-state index in [1.165, 1.54) is 12.1 Å². The minimum Gasteiger partial charge on any atom is -0.495 e. The largest absolute Gasteiger partial charge is 0.495 e. The third-order valence-corrected chi connectivity index (χ3v) is 6.01. The Morgan fingerprint density at radius 2 is 1.59 bits per heavy atom. The van der Waals surface area contributed by atoms with Crippen molar-refractivity contribution in [2.45, 2.75) is 13.5 Å². The van der Waals surface area contributed by atoms with Gasteiger partial charge < -0.3 is 9.64 Å². The van der Waals surface area contributed by atoms with Crippen molar-refractivity contribution in [2.24, 2.45) is 5.10 Å². The lowest BCUT2D eigenvalue weighted by atomic mass is 10.1. The van der Waals surface area contributed by atoms with Crippen LogP contribution in [-0.4, -0.2) is 49.8 Å². The second kappa shape index (κ2) is 10.9.